The van der Waals surface area contributed by atoms with Crippen LogP contribution in [0.15, 0.2) is 70.3 Å². The Morgan fingerprint density at radius 1 is 0.971 bits per heavy atom. The van der Waals surface area contributed by atoms with Gasteiger partial charge in [0.25, 0.3) is 10.0 Å². The summed E-state index contributed by atoms with van der Waals surface area (Å²) in [7, 11) is -3.78. The number of fused-ring (bicyclic) bond motifs is 1. The van der Waals surface area contributed by atoms with Crippen molar-refractivity contribution in [1.29, 1.82) is 0 Å². The highest BCUT2D eigenvalue weighted by Crippen LogP contribution is 2.33. The second kappa shape index (κ2) is 10.0. The lowest BCUT2D eigenvalue weighted by Gasteiger charge is -2.41. The van der Waals surface area contributed by atoms with Gasteiger partial charge in [0, 0.05) is 32.7 Å². The van der Waals surface area contributed by atoms with Crippen molar-refractivity contribution in [2.45, 2.75) is 30.1 Å². The molecule has 2 aromatic carbocycles. The lowest BCUT2D eigenvalue weighted by atomic mass is 9.95. The molecule has 184 valence electrons. The van der Waals surface area contributed by atoms with Gasteiger partial charge in [0.05, 0.1) is 12.3 Å². The van der Waals surface area contributed by atoms with Gasteiger partial charge in [-0.2, -0.15) is 4.31 Å². The third-order valence-corrected chi connectivity index (χ3v) is 9.87. The first kappa shape index (κ1) is 23.8. The van der Waals surface area contributed by atoms with Gasteiger partial charge in [0.1, 0.15) is 16.0 Å². The van der Waals surface area contributed by atoms with E-state index in [-0.39, 0.29) is 16.7 Å². The number of piperazine rings is 1. The standard InChI is InChI=1S/C26H29N3O4S2/c1-2-33-24-11-6-5-10-22(24)27-13-15-28(16-14-27)26(30)23-18-20-8-3-4-9-21(20)19-29(23)35(31,32)25-12-7-17-34-25/h3-12,17,23H,2,13-16,18-19H2,1H3/t23-/m1/s1. The van der Waals surface area contributed by atoms with E-state index in [0.29, 0.717) is 39.2 Å². The molecule has 35 heavy (non-hydrogen) atoms. The Kier molecular flexibility index (Phi) is 6.82. The van der Waals surface area contributed by atoms with Gasteiger partial charge in [-0.15, -0.1) is 11.3 Å². The summed E-state index contributed by atoms with van der Waals surface area (Å²) < 4.78 is 34.5. The Balaban J connectivity index is 1.37. The van der Waals surface area contributed by atoms with Crippen LogP contribution in [-0.4, -0.2) is 62.4 Å². The summed E-state index contributed by atoms with van der Waals surface area (Å²) in [5, 5.41) is 1.75. The SMILES string of the molecule is CCOc1ccccc1N1CCN(C(=O)[C@H]2Cc3ccccc3CN2S(=O)(=O)c2cccs2)CC1. The largest absolute Gasteiger partial charge is 0.492 e. The number of sulfonamides is 1. The molecule has 0 spiro atoms. The topological polar surface area (TPSA) is 70.2 Å². The molecule has 0 unspecified atom stereocenters. The van der Waals surface area contributed by atoms with E-state index in [2.05, 4.69) is 4.90 Å². The van der Waals surface area contributed by atoms with Gasteiger partial charge in [-0.1, -0.05) is 42.5 Å². The first-order valence-electron chi connectivity index (χ1n) is 11.9. The van der Waals surface area contributed by atoms with Gasteiger partial charge >= 0.3 is 0 Å². The normalized spacial score (nSPS) is 18.8. The number of carbonyl (C=O) groups is 1. The number of nitrogens with zero attached hydrogens (tertiary/aromatic N) is 3. The minimum Gasteiger partial charge on any atom is -0.492 e. The minimum absolute atomic E-state index is 0.127. The second-order valence-corrected chi connectivity index (χ2v) is 11.7. The Morgan fingerprint density at radius 2 is 1.69 bits per heavy atom. The quantitative estimate of drug-likeness (QED) is 0.506. The number of thiophene rings is 1. The van der Waals surface area contributed by atoms with Gasteiger partial charge in [0.2, 0.25) is 5.91 Å². The number of rotatable bonds is 6. The summed E-state index contributed by atoms with van der Waals surface area (Å²) >= 11 is 1.18. The first-order valence-corrected chi connectivity index (χ1v) is 14.2. The number of benzene rings is 2. The highest BCUT2D eigenvalue weighted by Gasteiger charge is 2.42. The number of para-hydroxylation sites is 2. The van der Waals surface area contributed by atoms with E-state index in [0.717, 1.165) is 22.6 Å². The molecule has 0 saturated carbocycles. The zero-order valence-corrected chi connectivity index (χ0v) is 21.3. The molecular formula is C26H29N3O4S2. The summed E-state index contributed by atoms with van der Waals surface area (Å²) in [4.78, 5) is 17.8. The molecule has 0 N–H and O–H groups in total. The van der Waals surface area contributed by atoms with Crippen molar-refractivity contribution in [2.24, 2.45) is 0 Å². The molecule has 2 aliphatic rings. The van der Waals surface area contributed by atoms with Crippen LogP contribution in [0.2, 0.25) is 0 Å². The molecule has 7 nitrogen and oxygen atoms in total. The zero-order valence-electron chi connectivity index (χ0n) is 19.7. The van der Waals surface area contributed by atoms with E-state index in [1.54, 1.807) is 17.5 Å². The van der Waals surface area contributed by atoms with Crippen LogP contribution in [-0.2, 0) is 27.8 Å². The molecule has 0 aliphatic carbocycles. The molecule has 1 amide bonds. The lowest BCUT2D eigenvalue weighted by molar-refractivity contribution is -0.136. The van der Waals surface area contributed by atoms with Gasteiger partial charge in [-0.05, 0) is 48.1 Å². The number of amides is 1. The van der Waals surface area contributed by atoms with Crippen molar-refractivity contribution in [2.75, 3.05) is 37.7 Å². The number of carbonyl (C=O) groups excluding carboxylic acids is 1. The average molecular weight is 512 g/mol. The van der Waals surface area contributed by atoms with Crippen molar-refractivity contribution >= 4 is 33.0 Å². The molecule has 3 heterocycles. The van der Waals surface area contributed by atoms with Crippen molar-refractivity contribution in [3.05, 3.63) is 77.2 Å². The fourth-order valence-electron chi connectivity index (χ4n) is 4.86. The average Bonchev–Trinajstić information content (AvgIpc) is 3.44. The Hall–Kier alpha value is -2.88. The van der Waals surface area contributed by atoms with Crippen LogP contribution < -0.4 is 9.64 Å². The molecule has 3 aromatic rings. The van der Waals surface area contributed by atoms with Crippen LogP contribution >= 0.6 is 11.3 Å². The van der Waals surface area contributed by atoms with Crippen LogP contribution in [0.1, 0.15) is 18.1 Å². The summed E-state index contributed by atoms with van der Waals surface area (Å²) in [6.07, 6.45) is 0.382. The summed E-state index contributed by atoms with van der Waals surface area (Å²) in [6.45, 7) is 5.15. The summed E-state index contributed by atoms with van der Waals surface area (Å²) in [6, 6.07) is 18.3. The number of anilines is 1. The van der Waals surface area contributed by atoms with E-state index in [1.165, 1.54) is 15.6 Å². The smallest absolute Gasteiger partial charge is 0.253 e. The maximum absolute atomic E-state index is 13.8. The summed E-state index contributed by atoms with van der Waals surface area (Å²) in [5.74, 6) is 0.712. The van der Waals surface area contributed by atoms with Crippen LogP contribution in [0.4, 0.5) is 5.69 Å². The van der Waals surface area contributed by atoms with E-state index < -0.39 is 16.1 Å². The predicted octanol–water partition coefficient (Wildman–Crippen LogP) is 3.61. The maximum Gasteiger partial charge on any atom is 0.253 e. The van der Waals surface area contributed by atoms with Crippen molar-refractivity contribution in [3.63, 3.8) is 0 Å². The Labute approximate surface area is 210 Å². The van der Waals surface area contributed by atoms with E-state index in [4.69, 9.17) is 4.74 Å². The van der Waals surface area contributed by atoms with Crippen LogP contribution in [0.5, 0.6) is 5.75 Å². The molecule has 0 bridgehead atoms. The number of hydrogen-bond acceptors (Lipinski definition) is 6. The highest BCUT2D eigenvalue weighted by atomic mass is 32.2. The maximum atomic E-state index is 13.8. The van der Waals surface area contributed by atoms with Crippen molar-refractivity contribution in [1.82, 2.24) is 9.21 Å². The molecule has 9 heteroatoms. The molecule has 1 atom stereocenters. The fourth-order valence-corrected chi connectivity index (χ4v) is 7.54. The van der Waals surface area contributed by atoms with Gasteiger partial charge < -0.3 is 14.5 Å². The third kappa shape index (κ3) is 4.68. The van der Waals surface area contributed by atoms with Crippen LogP contribution in [0.25, 0.3) is 0 Å². The zero-order chi connectivity index (χ0) is 24.4. The van der Waals surface area contributed by atoms with Gasteiger partial charge in [-0.25, -0.2) is 8.42 Å². The first-order chi connectivity index (χ1) is 17.0. The summed E-state index contributed by atoms with van der Waals surface area (Å²) in [5.41, 5.74) is 3.01. The number of ether oxygens (including phenoxy) is 1. The van der Waals surface area contributed by atoms with Crippen LogP contribution in [0.3, 0.4) is 0 Å². The Morgan fingerprint density at radius 3 is 2.40 bits per heavy atom. The molecule has 1 saturated heterocycles. The van der Waals surface area contributed by atoms with E-state index >= 15 is 0 Å². The third-order valence-electron chi connectivity index (χ3n) is 6.65. The monoisotopic (exact) mass is 511 g/mol. The van der Waals surface area contributed by atoms with Crippen LogP contribution in [0, 0.1) is 0 Å². The molecular weight excluding hydrogens is 482 g/mol. The Bertz CT molecular complexity index is 1290. The van der Waals surface area contributed by atoms with Crippen molar-refractivity contribution < 1.29 is 17.9 Å². The molecule has 2 aliphatic heterocycles. The number of hydrogen-bond donors (Lipinski definition) is 0. The second-order valence-electron chi connectivity index (χ2n) is 8.68. The van der Waals surface area contributed by atoms with Gasteiger partial charge in [0.15, 0.2) is 0 Å². The van der Waals surface area contributed by atoms with Crippen molar-refractivity contribution in [3.8, 4) is 5.75 Å². The van der Waals surface area contributed by atoms with E-state index in [9.17, 15) is 13.2 Å². The lowest BCUT2D eigenvalue weighted by Crippen LogP contribution is -2.57. The van der Waals surface area contributed by atoms with E-state index in [1.807, 2.05) is 60.4 Å². The molecule has 0 radical (unpaired) electrons. The predicted molar refractivity (Wildman–Crippen MR) is 137 cm³/mol. The molecule has 5 rings (SSSR count). The fraction of sp³-hybridized carbons (Fsp3) is 0.346. The van der Waals surface area contributed by atoms with Gasteiger partial charge in [-0.3, -0.25) is 4.79 Å². The molecule has 1 aromatic heterocycles. The minimum atomic E-state index is -3.78. The highest BCUT2D eigenvalue weighted by molar-refractivity contribution is 7.91. The molecule has 1 fully saturated rings.